The Labute approximate surface area is 165 Å². The molecule has 0 aromatic heterocycles. The van der Waals surface area contributed by atoms with Crippen LogP contribution in [-0.4, -0.2) is 42.2 Å². The number of ether oxygens (including phenoxy) is 1. The van der Waals surface area contributed by atoms with Gasteiger partial charge in [0.05, 0.1) is 12.2 Å². The third-order valence-corrected chi connectivity index (χ3v) is 5.15. The van der Waals surface area contributed by atoms with Crippen LogP contribution in [0.2, 0.25) is 0 Å². The van der Waals surface area contributed by atoms with Crippen LogP contribution in [0, 0.1) is 18.7 Å². The Bertz CT molecular complexity index is 849. The molecule has 1 fully saturated rings. The molecule has 0 amide bonds. The fraction of sp³-hybridized carbons (Fsp3) is 0.348. The number of benzene rings is 2. The molecule has 3 rings (SSSR count). The van der Waals surface area contributed by atoms with Crippen molar-refractivity contribution < 1.29 is 19.0 Å². The maximum absolute atomic E-state index is 13.8. The zero-order valence-electron chi connectivity index (χ0n) is 16.1. The lowest BCUT2D eigenvalue weighted by molar-refractivity contribution is -0.143. The molecule has 1 aliphatic rings. The lowest BCUT2D eigenvalue weighted by atomic mass is 9.95. The smallest absolute Gasteiger partial charge is 0.307 e. The average Bonchev–Trinajstić information content (AvgIpc) is 2.69. The van der Waals surface area contributed by atoms with E-state index >= 15 is 0 Å². The average molecular weight is 383 g/mol. The number of halogens is 1. The lowest BCUT2D eigenvalue weighted by Gasteiger charge is -2.30. The number of rotatable bonds is 7. The van der Waals surface area contributed by atoms with Crippen LogP contribution in [-0.2, 0) is 9.53 Å². The van der Waals surface area contributed by atoms with Crippen LogP contribution in [0.3, 0.4) is 0 Å². The summed E-state index contributed by atoms with van der Waals surface area (Å²) in [6.45, 7) is 4.60. The molecule has 28 heavy (non-hydrogen) atoms. The number of hydrogen-bond acceptors (Lipinski definition) is 3. The molecular formula is C23H26FNO3. The number of piperidine rings is 1. The van der Waals surface area contributed by atoms with Gasteiger partial charge in [0.1, 0.15) is 12.4 Å². The third kappa shape index (κ3) is 5.20. The van der Waals surface area contributed by atoms with E-state index in [1.54, 1.807) is 12.3 Å². The first-order chi connectivity index (χ1) is 13.5. The number of hydrogen-bond donors (Lipinski definition) is 1. The minimum atomic E-state index is -0.724. The van der Waals surface area contributed by atoms with E-state index in [-0.39, 0.29) is 11.7 Å². The van der Waals surface area contributed by atoms with Gasteiger partial charge >= 0.3 is 5.97 Å². The molecule has 0 bridgehead atoms. The Kier molecular flexibility index (Phi) is 6.82. The maximum atomic E-state index is 13.8. The van der Waals surface area contributed by atoms with Crippen molar-refractivity contribution in [2.24, 2.45) is 5.92 Å². The fourth-order valence-corrected chi connectivity index (χ4v) is 3.60. The van der Waals surface area contributed by atoms with E-state index in [2.05, 4.69) is 4.90 Å². The van der Waals surface area contributed by atoms with Crippen LogP contribution in [0.4, 0.5) is 4.39 Å². The van der Waals surface area contributed by atoms with Gasteiger partial charge in [-0.15, -0.1) is 0 Å². The largest absolute Gasteiger partial charge is 0.499 e. The predicted molar refractivity (Wildman–Crippen MR) is 107 cm³/mol. The second-order valence-corrected chi connectivity index (χ2v) is 7.21. The Balaban J connectivity index is 1.70. The van der Waals surface area contributed by atoms with Gasteiger partial charge in [0.15, 0.2) is 0 Å². The molecule has 0 spiro atoms. The van der Waals surface area contributed by atoms with Crippen molar-refractivity contribution in [1.29, 1.82) is 0 Å². The summed E-state index contributed by atoms with van der Waals surface area (Å²) in [6, 6.07) is 14.4. The van der Waals surface area contributed by atoms with Crippen molar-refractivity contribution in [2.75, 3.05) is 26.2 Å². The number of carboxylic acids is 1. The second kappa shape index (κ2) is 9.51. The Morgan fingerprint density at radius 1 is 1.29 bits per heavy atom. The van der Waals surface area contributed by atoms with Crippen LogP contribution in [0.25, 0.3) is 5.57 Å². The monoisotopic (exact) mass is 383 g/mol. The van der Waals surface area contributed by atoms with Crippen molar-refractivity contribution >= 4 is 11.5 Å². The summed E-state index contributed by atoms with van der Waals surface area (Å²) in [7, 11) is 0. The highest BCUT2D eigenvalue weighted by Gasteiger charge is 2.24. The van der Waals surface area contributed by atoms with Crippen LogP contribution in [0.15, 0.2) is 54.8 Å². The van der Waals surface area contributed by atoms with Crippen molar-refractivity contribution in [3.63, 3.8) is 0 Å². The van der Waals surface area contributed by atoms with Crippen LogP contribution in [0.1, 0.15) is 29.5 Å². The zero-order chi connectivity index (χ0) is 19.9. The highest BCUT2D eigenvalue weighted by molar-refractivity contribution is 5.80. The van der Waals surface area contributed by atoms with Gasteiger partial charge in [0.2, 0.25) is 0 Å². The SMILES string of the molecule is Cc1ccccc1C(=COCCN1CCC[C@@H](C(=O)O)C1)c1cccc(F)c1. The number of aryl methyl sites for hydroxylation is 1. The molecule has 5 heteroatoms. The molecular weight excluding hydrogens is 357 g/mol. The first kappa shape index (κ1) is 20.1. The molecule has 1 N–H and O–H groups in total. The van der Waals surface area contributed by atoms with E-state index in [0.29, 0.717) is 19.7 Å². The maximum Gasteiger partial charge on any atom is 0.307 e. The quantitative estimate of drug-likeness (QED) is 0.571. The molecule has 2 aromatic rings. The van der Waals surface area contributed by atoms with Gasteiger partial charge in [-0.05, 0) is 55.1 Å². The molecule has 4 nitrogen and oxygen atoms in total. The molecule has 0 aliphatic carbocycles. The standard InChI is InChI=1S/C23H26FNO3/c1-17-6-2-3-10-21(17)22(18-7-4-9-20(24)14-18)16-28-13-12-25-11-5-8-19(15-25)23(26)27/h2-4,6-7,9-10,14,16,19H,5,8,11-13,15H2,1H3,(H,26,27)/t19-/m1/s1. The summed E-state index contributed by atoms with van der Waals surface area (Å²) in [4.78, 5) is 13.3. The van der Waals surface area contributed by atoms with Gasteiger partial charge in [-0.2, -0.15) is 0 Å². The number of aliphatic carboxylic acids is 1. The summed E-state index contributed by atoms with van der Waals surface area (Å²) in [5.74, 6) is -1.30. The molecule has 2 aromatic carbocycles. The summed E-state index contributed by atoms with van der Waals surface area (Å²) < 4.78 is 19.6. The van der Waals surface area contributed by atoms with E-state index in [0.717, 1.165) is 41.6 Å². The summed E-state index contributed by atoms with van der Waals surface area (Å²) in [5, 5.41) is 9.20. The minimum Gasteiger partial charge on any atom is -0.499 e. The predicted octanol–water partition coefficient (Wildman–Crippen LogP) is 4.34. The third-order valence-electron chi connectivity index (χ3n) is 5.15. The van der Waals surface area contributed by atoms with Crippen LogP contribution >= 0.6 is 0 Å². The highest BCUT2D eigenvalue weighted by Crippen LogP contribution is 2.26. The summed E-state index contributed by atoms with van der Waals surface area (Å²) in [6.07, 6.45) is 3.32. The molecule has 0 unspecified atom stereocenters. The van der Waals surface area contributed by atoms with Gasteiger partial charge in [0, 0.05) is 18.7 Å². The van der Waals surface area contributed by atoms with Gasteiger partial charge in [-0.3, -0.25) is 9.69 Å². The first-order valence-electron chi connectivity index (χ1n) is 9.63. The van der Waals surface area contributed by atoms with Gasteiger partial charge in [0.25, 0.3) is 0 Å². The molecule has 148 valence electrons. The lowest BCUT2D eigenvalue weighted by Crippen LogP contribution is -2.40. The van der Waals surface area contributed by atoms with E-state index in [4.69, 9.17) is 4.74 Å². The Hall–Kier alpha value is -2.66. The highest BCUT2D eigenvalue weighted by atomic mass is 19.1. The van der Waals surface area contributed by atoms with Gasteiger partial charge < -0.3 is 9.84 Å². The van der Waals surface area contributed by atoms with Crippen LogP contribution < -0.4 is 0 Å². The second-order valence-electron chi connectivity index (χ2n) is 7.21. The molecule has 1 saturated heterocycles. The fourth-order valence-electron chi connectivity index (χ4n) is 3.60. The van der Waals surface area contributed by atoms with Crippen molar-refractivity contribution in [2.45, 2.75) is 19.8 Å². The Morgan fingerprint density at radius 2 is 2.11 bits per heavy atom. The summed E-state index contributed by atoms with van der Waals surface area (Å²) >= 11 is 0. The van der Waals surface area contributed by atoms with Crippen molar-refractivity contribution in [3.8, 4) is 0 Å². The van der Waals surface area contributed by atoms with E-state index < -0.39 is 5.97 Å². The topological polar surface area (TPSA) is 49.8 Å². The normalized spacial score (nSPS) is 18.1. The van der Waals surface area contributed by atoms with Crippen molar-refractivity contribution in [1.82, 2.24) is 4.90 Å². The molecule has 1 aliphatic heterocycles. The molecule has 0 saturated carbocycles. The molecule has 0 radical (unpaired) electrons. The minimum absolute atomic E-state index is 0.287. The Morgan fingerprint density at radius 3 is 2.86 bits per heavy atom. The van der Waals surface area contributed by atoms with E-state index in [1.807, 2.05) is 37.3 Å². The number of nitrogens with zero attached hydrogens (tertiary/aromatic N) is 1. The van der Waals surface area contributed by atoms with E-state index in [1.165, 1.54) is 12.1 Å². The number of carboxylic acid groups (broad SMARTS) is 1. The number of likely N-dealkylation sites (tertiary alicyclic amines) is 1. The van der Waals surface area contributed by atoms with E-state index in [9.17, 15) is 14.3 Å². The molecule has 1 heterocycles. The zero-order valence-corrected chi connectivity index (χ0v) is 16.1. The van der Waals surface area contributed by atoms with Gasteiger partial charge in [-0.1, -0.05) is 36.4 Å². The molecule has 1 atom stereocenters. The first-order valence-corrected chi connectivity index (χ1v) is 9.63. The van der Waals surface area contributed by atoms with Crippen LogP contribution in [0.5, 0.6) is 0 Å². The van der Waals surface area contributed by atoms with Gasteiger partial charge in [-0.25, -0.2) is 4.39 Å². The summed E-state index contributed by atoms with van der Waals surface area (Å²) in [5.41, 5.74) is 3.68. The van der Waals surface area contributed by atoms with Crippen molar-refractivity contribution in [3.05, 3.63) is 77.3 Å². The number of carbonyl (C=O) groups is 1.